The third kappa shape index (κ3) is 5.30. The summed E-state index contributed by atoms with van der Waals surface area (Å²) in [7, 11) is 3.98. The zero-order chi connectivity index (χ0) is 19.9. The summed E-state index contributed by atoms with van der Waals surface area (Å²) in [5.41, 5.74) is 4.14. The van der Waals surface area contributed by atoms with Crippen molar-refractivity contribution in [2.75, 3.05) is 30.9 Å². The molecule has 1 heterocycles. The molecule has 1 aromatic heterocycles. The van der Waals surface area contributed by atoms with Crippen molar-refractivity contribution in [3.8, 4) is 0 Å². The highest BCUT2D eigenvalue weighted by Gasteiger charge is 2.08. The lowest BCUT2D eigenvalue weighted by Gasteiger charge is -2.13. The van der Waals surface area contributed by atoms with E-state index in [9.17, 15) is 9.18 Å². The normalized spacial score (nSPS) is 10.4. The van der Waals surface area contributed by atoms with Gasteiger partial charge < -0.3 is 15.5 Å². The lowest BCUT2D eigenvalue weighted by Crippen LogP contribution is -2.26. The Morgan fingerprint density at radius 2 is 1.71 bits per heavy atom. The molecule has 0 bridgehead atoms. The van der Waals surface area contributed by atoms with Crippen LogP contribution in [0, 0.1) is 5.82 Å². The highest BCUT2D eigenvalue weighted by Crippen LogP contribution is 2.20. The molecule has 0 unspecified atom stereocenters. The van der Waals surface area contributed by atoms with Crippen LogP contribution in [0.5, 0.6) is 0 Å². The Morgan fingerprint density at radius 3 is 2.39 bits per heavy atom. The number of nitrogens with zero attached hydrogens (tertiary/aromatic N) is 2. The lowest BCUT2D eigenvalue weighted by atomic mass is 10.1. The van der Waals surface area contributed by atoms with E-state index in [0.29, 0.717) is 18.7 Å². The maximum absolute atomic E-state index is 12.9. The van der Waals surface area contributed by atoms with Crippen molar-refractivity contribution in [3.63, 3.8) is 0 Å². The first-order valence-corrected chi connectivity index (χ1v) is 9.04. The maximum Gasteiger partial charge on any atom is 0.269 e. The summed E-state index contributed by atoms with van der Waals surface area (Å²) < 4.78 is 12.9. The number of anilines is 3. The molecule has 3 aromatic rings. The van der Waals surface area contributed by atoms with Crippen LogP contribution in [0.2, 0.25) is 0 Å². The van der Waals surface area contributed by atoms with E-state index in [0.717, 1.165) is 22.6 Å². The van der Waals surface area contributed by atoms with E-state index >= 15 is 0 Å². The molecule has 0 aliphatic carbocycles. The van der Waals surface area contributed by atoms with Crippen molar-refractivity contribution < 1.29 is 9.18 Å². The predicted molar refractivity (Wildman–Crippen MR) is 111 cm³/mol. The second-order valence-electron chi connectivity index (χ2n) is 6.63. The molecule has 1 amide bonds. The number of benzene rings is 2. The predicted octanol–water partition coefficient (Wildman–Crippen LogP) is 4.00. The lowest BCUT2D eigenvalue weighted by molar-refractivity contribution is 0.0949. The molecule has 0 spiro atoms. The highest BCUT2D eigenvalue weighted by atomic mass is 19.1. The summed E-state index contributed by atoms with van der Waals surface area (Å²) in [5.74, 6) is -0.508. The number of carbonyl (C=O) groups excluding carboxylic acids is 1. The van der Waals surface area contributed by atoms with E-state index in [1.165, 1.54) is 12.1 Å². The Bertz CT molecular complexity index is 924. The summed E-state index contributed by atoms with van der Waals surface area (Å²) >= 11 is 0. The van der Waals surface area contributed by atoms with Gasteiger partial charge in [0.1, 0.15) is 11.5 Å². The number of carbonyl (C=O) groups is 1. The molecule has 0 aliphatic heterocycles. The van der Waals surface area contributed by atoms with E-state index < -0.39 is 0 Å². The Morgan fingerprint density at radius 1 is 1.00 bits per heavy atom. The number of hydrogen-bond donors (Lipinski definition) is 2. The van der Waals surface area contributed by atoms with Gasteiger partial charge in [0.2, 0.25) is 0 Å². The first-order valence-electron chi connectivity index (χ1n) is 9.04. The van der Waals surface area contributed by atoms with Crippen LogP contribution < -0.4 is 15.5 Å². The van der Waals surface area contributed by atoms with Gasteiger partial charge in [-0.05, 0) is 60.5 Å². The average molecular weight is 378 g/mol. The molecule has 0 saturated heterocycles. The van der Waals surface area contributed by atoms with Crippen molar-refractivity contribution in [1.82, 2.24) is 10.3 Å². The minimum absolute atomic E-state index is 0.242. The van der Waals surface area contributed by atoms with Crippen LogP contribution in [0.15, 0.2) is 66.9 Å². The standard InChI is InChI=1S/C22H23FN4O/c1-27(2)20-9-7-18(8-10-20)26-19-12-14-24-21(15-19)22(28)25-13-11-16-3-5-17(23)6-4-16/h3-10,12,14-15H,11,13H2,1-2H3,(H,24,26)(H,25,28). The summed E-state index contributed by atoms with van der Waals surface area (Å²) in [6, 6.07) is 17.8. The van der Waals surface area contributed by atoms with Crippen molar-refractivity contribution in [1.29, 1.82) is 0 Å². The second-order valence-corrected chi connectivity index (χ2v) is 6.63. The van der Waals surface area contributed by atoms with Gasteiger partial charge in [-0.2, -0.15) is 0 Å². The first kappa shape index (κ1) is 19.4. The molecule has 0 fully saturated rings. The summed E-state index contributed by atoms with van der Waals surface area (Å²) in [6.45, 7) is 0.454. The first-order chi connectivity index (χ1) is 13.5. The molecule has 2 aromatic carbocycles. The fraction of sp³-hybridized carbons (Fsp3) is 0.182. The molecule has 2 N–H and O–H groups in total. The third-order valence-corrected chi connectivity index (χ3v) is 4.28. The van der Waals surface area contributed by atoms with Gasteiger partial charge in [0.05, 0.1) is 0 Å². The molecule has 0 saturated carbocycles. The monoisotopic (exact) mass is 378 g/mol. The molecule has 28 heavy (non-hydrogen) atoms. The summed E-state index contributed by atoms with van der Waals surface area (Å²) in [5, 5.41) is 6.12. The van der Waals surface area contributed by atoms with E-state index in [2.05, 4.69) is 15.6 Å². The van der Waals surface area contributed by atoms with Gasteiger partial charge in [0, 0.05) is 43.9 Å². The fourth-order valence-electron chi connectivity index (χ4n) is 2.70. The molecule has 5 nitrogen and oxygen atoms in total. The zero-order valence-electron chi connectivity index (χ0n) is 15.9. The van der Waals surface area contributed by atoms with Gasteiger partial charge in [0.25, 0.3) is 5.91 Å². The number of nitrogens with one attached hydrogen (secondary N) is 2. The van der Waals surface area contributed by atoms with Crippen molar-refractivity contribution in [2.24, 2.45) is 0 Å². The van der Waals surface area contributed by atoms with E-state index in [-0.39, 0.29) is 11.7 Å². The van der Waals surface area contributed by atoms with Gasteiger partial charge >= 0.3 is 0 Å². The molecular weight excluding hydrogens is 355 g/mol. The largest absolute Gasteiger partial charge is 0.378 e. The Labute approximate surface area is 164 Å². The maximum atomic E-state index is 12.9. The van der Waals surface area contributed by atoms with E-state index in [4.69, 9.17) is 0 Å². The zero-order valence-corrected chi connectivity index (χ0v) is 15.9. The van der Waals surface area contributed by atoms with Crippen molar-refractivity contribution in [3.05, 3.63) is 83.9 Å². The SMILES string of the molecule is CN(C)c1ccc(Nc2ccnc(C(=O)NCCc3ccc(F)cc3)c2)cc1. The molecule has 0 radical (unpaired) electrons. The Kier molecular flexibility index (Phi) is 6.22. The fourth-order valence-corrected chi connectivity index (χ4v) is 2.70. The molecule has 6 heteroatoms. The van der Waals surface area contributed by atoms with Gasteiger partial charge in [-0.25, -0.2) is 4.39 Å². The number of amides is 1. The molecule has 144 valence electrons. The topological polar surface area (TPSA) is 57.3 Å². The smallest absolute Gasteiger partial charge is 0.269 e. The van der Waals surface area contributed by atoms with Gasteiger partial charge in [-0.15, -0.1) is 0 Å². The molecule has 0 atom stereocenters. The van der Waals surface area contributed by atoms with Crippen LogP contribution in [-0.2, 0) is 6.42 Å². The number of rotatable bonds is 7. The van der Waals surface area contributed by atoms with Crippen LogP contribution in [0.3, 0.4) is 0 Å². The van der Waals surface area contributed by atoms with E-state index in [1.807, 2.05) is 49.3 Å². The Hall–Kier alpha value is -3.41. The minimum Gasteiger partial charge on any atom is -0.378 e. The number of aromatic nitrogens is 1. The molecular formula is C22H23FN4O. The summed E-state index contributed by atoms with van der Waals surface area (Å²) in [4.78, 5) is 18.5. The van der Waals surface area contributed by atoms with Gasteiger partial charge in [-0.3, -0.25) is 9.78 Å². The highest BCUT2D eigenvalue weighted by molar-refractivity contribution is 5.93. The van der Waals surface area contributed by atoms with Gasteiger partial charge in [-0.1, -0.05) is 12.1 Å². The van der Waals surface area contributed by atoms with Crippen LogP contribution >= 0.6 is 0 Å². The van der Waals surface area contributed by atoms with Crippen LogP contribution in [0.4, 0.5) is 21.5 Å². The number of halogens is 1. The molecule has 3 rings (SSSR count). The Balaban J connectivity index is 1.57. The third-order valence-electron chi connectivity index (χ3n) is 4.28. The number of pyridine rings is 1. The van der Waals surface area contributed by atoms with Crippen LogP contribution in [0.1, 0.15) is 16.1 Å². The van der Waals surface area contributed by atoms with Crippen LogP contribution in [0.25, 0.3) is 0 Å². The quantitative estimate of drug-likeness (QED) is 0.652. The second kappa shape index (κ2) is 8.99. The van der Waals surface area contributed by atoms with E-state index in [1.54, 1.807) is 24.4 Å². The van der Waals surface area contributed by atoms with Gasteiger partial charge in [0.15, 0.2) is 0 Å². The molecule has 0 aliphatic rings. The average Bonchev–Trinajstić information content (AvgIpc) is 2.70. The number of hydrogen-bond acceptors (Lipinski definition) is 4. The van der Waals surface area contributed by atoms with Crippen LogP contribution in [-0.4, -0.2) is 31.5 Å². The summed E-state index contributed by atoms with van der Waals surface area (Å²) in [6.07, 6.45) is 2.23. The minimum atomic E-state index is -0.266. The van der Waals surface area contributed by atoms with Crippen molar-refractivity contribution in [2.45, 2.75) is 6.42 Å². The van der Waals surface area contributed by atoms with Crippen molar-refractivity contribution >= 4 is 23.0 Å².